The molecule has 1 aliphatic rings. The van der Waals surface area contributed by atoms with Crippen LogP contribution in [0.15, 0.2) is 31.0 Å². The van der Waals surface area contributed by atoms with E-state index < -0.39 is 5.82 Å². The van der Waals surface area contributed by atoms with Crippen LogP contribution in [0.5, 0.6) is 6.01 Å². The van der Waals surface area contributed by atoms with Gasteiger partial charge in [0.1, 0.15) is 11.8 Å². The Balaban J connectivity index is 1.60. The molecular weight excluding hydrogens is 277 g/mol. The molecule has 0 saturated carbocycles. The highest BCUT2D eigenvalue weighted by Gasteiger charge is 2.29. The predicted molar refractivity (Wildman–Crippen MR) is 69.0 cm³/mol. The number of amides is 1. The zero-order valence-corrected chi connectivity index (χ0v) is 11.0. The maximum absolute atomic E-state index is 12.7. The lowest BCUT2D eigenvalue weighted by Crippen LogP contribution is -2.31. The normalized spacial score (nSPS) is 17.8. The summed E-state index contributed by atoms with van der Waals surface area (Å²) in [5, 5.41) is 0. The fourth-order valence-corrected chi connectivity index (χ4v) is 2.09. The quantitative estimate of drug-likeness (QED) is 0.827. The summed E-state index contributed by atoms with van der Waals surface area (Å²) in [5.41, 5.74) is 0.302. The fraction of sp³-hybridized carbons (Fsp3) is 0.308. The molecule has 1 saturated heterocycles. The van der Waals surface area contributed by atoms with Gasteiger partial charge in [-0.25, -0.2) is 19.3 Å². The highest BCUT2D eigenvalue weighted by Crippen LogP contribution is 2.16. The lowest BCUT2D eigenvalue weighted by atomic mass is 10.3. The van der Waals surface area contributed by atoms with E-state index in [1.807, 2.05) is 0 Å². The number of carbonyl (C=O) groups excluding carboxylic acids is 1. The van der Waals surface area contributed by atoms with Gasteiger partial charge in [-0.2, -0.15) is 0 Å². The molecule has 8 heteroatoms. The Morgan fingerprint density at radius 1 is 1.24 bits per heavy atom. The lowest BCUT2D eigenvalue weighted by Gasteiger charge is -2.15. The van der Waals surface area contributed by atoms with Crippen molar-refractivity contribution >= 4 is 5.91 Å². The molecule has 2 aromatic heterocycles. The van der Waals surface area contributed by atoms with Gasteiger partial charge in [-0.1, -0.05) is 0 Å². The molecule has 1 atom stereocenters. The zero-order chi connectivity index (χ0) is 14.7. The monoisotopic (exact) mass is 289 g/mol. The molecule has 1 aliphatic heterocycles. The molecule has 1 fully saturated rings. The Bertz CT molecular complexity index is 622. The van der Waals surface area contributed by atoms with E-state index >= 15 is 0 Å². The Morgan fingerprint density at radius 3 is 2.76 bits per heavy atom. The van der Waals surface area contributed by atoms with Crippen molar-refractivity contribution in [2.75, 3.05) is 13.1 Å². The second kappa shape index (κ2) is 5.78. The molecule has 0 radical (unpaired) electrons. The fourth-order valence-electron chi connectivity index (χ4n) is 2.09. The van der Waals surface area contributed by atoms with E-state index in [-0.39, 0.29) is 18.0 Å². The second-order valence-electron chi connectivity index (χ2n) is 4.55. The SMILES string of the molecule is O=C(c1cnccn1)N1CCC(Oc2ncc(F)cn2)C1. The summed E-state index contributed by atoms with van der Waals surface area (Å²) in [5.74, 6) is -0.706. The minimum absolute atomic E-state index is 0.107. The van der Waals surface area contributed by atoms with Gasteiger partial charge in [-0.05, 0) is 0 Å². The van der Waals surface area contributed by atoms with Gasteiger partial charge in [0, 0.05) is 25.4 Å². The van der Waals surface area contributed by atoms with Crippen LogP contribution in [0.25, 0.3) is 0 Å². The molecule has 2 aromatic rings. The van der Waals surface area contributed by atoms with Crippen molar-refractivity contribution in [1.29, 1.82) is 0 Å². The number of ether oxygens (including phenoxy) is 1. The molecule has 1 unspecified atom stereocenters. The van der Waals surface area contributed by atoms with E-state index in [0.29, 0.717) is 25.2 Å². The highest BCUT2D eigenvalue weighted by atomic mass is 19.1. The van der Waals surface area contributed by atoms with Crippen LogP contribution < -0.4 is 4.74 Å². The largest absolute Gasteiger partial charge is 0.458 e. The number of rotatable bonds is 3. The summed E-state index contributed by atoms with van der Waals surface area (Å²) in [7, 11) is 0. The average molecular weight is 289 g/mol. The highest BCUT2D eigenvalue weighted by molar-refractivity contribution is 5.92. The van der Waals surface area contributed by atoms with Crippen LogP contribution in [0.4, 0.5) is 4.39 Å². The minimum Gasteiger partial charge on any atom is -0.458 e. The summed E-state index contributed by atoms with van der Waals surface area (Å²) in [6, 6.07) is 0.107. The molecule has 0 N–H and O–H groups in total. The number of aromatic nitrogens is 4. The smallest absolute Gasteiger partial charge is 0.316 e. The summed E-state index contributed by atoms with van der Waals surface area (Å²) in [4.78, 5) is 29.1. The predicted octanol–water partition coefficient (Wildman–Crippen LogP) is 0.699. The third-order valence-electron chi connectivity index (χ3n) is 3.08. The van der Waals surface area contributed by atoms with E-state index in [9.17, 15) is 9.18 Å². The molecule has 7 nitrogen and oxygen atoms in total. The van der Waals surface area contributed by atoms with Gasteiger partial charge < -0.3 is 9.64 Å². The number of hydrogen-bond acceptors (Lipinski definition) is 6. The average Bonchev–Trinajstić information content (AvgIpc) is 2.98. The number of nitrogens with zero attached hydrogens (tertiary/aromatic N) is 5. The van der Waals surface area contributed by atoms with Crippen LogP contribution in [0.2, 0.25) is 0 Å². The van der Waals surface area contributed by atoms with Crippen LogP contribution >= 0.6 is 0 Å². The van der Waals surface area contributed by atoms with Crippen molar-refractivity contribution in [3.63, 3.8) is 0 Å². The first-order valence-electron chi connectivity index (χ1n) is 6.42. The molecule has 0 aliphatic carbocycles. The molecule has 0 aromatic carbocycles. The van der Waals surface area contributed by atoms with Crippen LogP contribution in [-0.2, 0) is 0 Å². The van der Waals surface area contributed by atoms with Crippen LogP contribution in [0.1, 0.15) is 16.9 Å². The van der Waals surface area contributed by atoms with Gasteiger partial charge in [0.15, 0.2) is 5.82 Å². The summed E-state index contributed by atoms with van der Waals surface area (Å²) < 4.78 is 18.2. The summed E-state index contributed by atoms with van der Waals surface area (Å²) >= 11 is 0. The van der Waals surface area contributed by atoms with Crippen molar-refractivity contribution in [2.45, 2.75) is 12.5 Å². The molecule has 3 heterocycles. The lowest BCUT2D eigenvalue weighted by molar-refractivity contribution is 0.0763. The van der Waals surface area contributed by atoms with Gasteiger partial charge in [0.05, 0.1) is 25.1 Å². The van der Waals surface area contributed by atoms with Crippen LogP contribution in [-0.4, -0.2) is 49.9 Å². The maximum atomic E-state index is 12.7. The molecular formula is C13H12FN5O2. The Hall–Kier alpha value is -2.64. The number of halogens is 1. The number of carbonyl (C=O) groups is 1. The topological polar surface area (TPSA) is 81.1 Å². The molecule has 0 bridgehead atoms. The first-order valence-corrected chi connectivity index (χ1v) is 6.42. The van der Waals surface area contributed by atoms with Gasteiger partial charge in [-0.3, -0.25) is 9.78 Å². The van der Waals surface area contributed by atoms with Gasteiger partial charge in [-0.15, -0.1) is 0 Å². The third-order valence-corrected chi connectivity index (χ3v) is 3.08. The Kier molecular flexibility index (Phi) is 3.67. The second-order valence-corrected chi connectivity index (χ2v) is 4.55. The first kappa shape index (κ1) is 13.3. The zero-order valence-electron chi connectivity index (χ0n) is 11.0. The van der Waals surface area contributed by atoms with Gasteiger partial charge in [0.25, 0.3) is 5.91 Å². The van der Waals surface area contributed by atoms with Gasteiger partial charge in [0.2, 0.25) is 0 Å². The minimum atomic E-state index is -0.520. The Morgan fingerprint density at radius 2 is 2.05 bits per heavy atom. The molecule has 0 spiro atoms. The Labute approximate surface area is 119 Å². The molecule has 108 valence electrons. The number of hydrogen-bond donors (Lipinski definition) is 0. The summed E-state index contributed by atoms with van der Waals surface area (Å²) in [6.45, 7) is 0.970. The third kappa shape index (κ3) is 3.10. The molecule has 3 rings (SSSR count). The molecule has 21 heavy (non-hydrogen) atoms. The van der Waals surface area contributed by atoms with Crippen LogP contribution in [0.3, 0.4) is 0 Å². The standard InChI is InChI=1S/C13H12FN5O2/c14-9-5-17-13(18-6-9)21-10-1-4-19(8-10)12(20)11-7-15-2-3-16-11/h2-3,5-7,10H,1,4,8H2. The summed E-state index contributed by atoms with van der Waals surface area (Å²) in [6.07, 6.45) is 6.95. The molecule has 1 amide bonds. The maximum Gasteiger partial charge on any atom is 0.316 e. The van der Waals surface area contributed by atoms with Crippen LogP contribution in [0, 0.1) is 5.82 Å². The van der Waals surface area contributed by atoms with Crippen molar-refractivity contribution in [3.05, 3.63) is 42.5 Å². The first-order chi connectivity index (χ1) is 10.2. The van der Waals surface area contributed by atoms with E-state index in [0.717, 1.165) is 12.4 Å². The van der Waals surface area contributed by atoms with E-state index in [1.54, 1.807) is 4.90 Å². The van der Waals surface area contributed by atoms with E-state index in [4.69, 9.17) is 4.74 Å². The van der Waals surface area contributed by atoms with Crippen molar-refractivity contribution in [2.24, 2.45) is 0 Å². The van der Waals surface area contributed by atoms with E-state index in [1.165, 1.54) is 18.6 Å². The van der Waals surface area contributed by atoms with Crippen molar-refractivity contribution < 1.29 is 13.9 Å². The van der Waals surface area contributed by atoms with Crippen molar-refractivity contribution in [1.82, 2.24) is 24.8 Å². The van der Waals surface area contributed by atoms with E-state index in [2.05, 4.69) is 19.9 Å². The number of likely N-dealkylation sites (tertiary alicyclic amines) is 1. The van der Waals surface area contributed by atoms with Gasteiger partial charge >= 0.3 is 6.01 Å². The van der Waals surface area contributed by atoms with Crippen molar-refractivity contribution in [3.8, 4) is 6.01 Å².